The number of methoxy groups -OCH3 is 1. The lowest BCUT2D eigenvalue weighted by atomic mass is 10.0. The first kappa shape index (κ1) is 31.0. The number of anilines is 1. The van der Waals surface area contributed by atoms with Crippen LogP contribution < -0.4 is 15.2 Å². The maximum Gasteiger partial charge on any atom is 0.279 e. The Kier molecular flexibility index (Phi) is 11.1. The Morgan fingerprint density at radius 1 is 1.02 bits per heavy atom. The zero-order chi connectivity index (χ0) is 29.9. The van der Waals surface area contributed by atoms with Crippen LogP contribution in [0.4, 0.5) is 5.69 Å². The van der Waals surface area contributed by atoms with Crippen molar-refractivity contribution < 1.29 is 19.4 Å². The van der Waals surface area contributed by atoms with Gasteiger partial charge in [0.25, 0.3) is 5.56 Å². The minimum Gasteiger partial charge on any atom is -0.497 e. The average Bonchev–Trinajstić information content (AvgIpc) is 3.03. The summed E-state index contributed by atoms with van der Waals surface area (Å²) in [5.41, 5.74) is 5.04. The summed E-state index contributed by atoms with van der Waals surface area (Å²) in [6.07, 6.45) is 1.78. The molecular weight excluding hydrogens is 522 g/mol. The van der Waals surface area contributed by atoms with E-state index in [1.165, 1.54) is 4.68 Å². The number of hydrazone groups is 1. The smallest absolute Gasteiger partial charge is 0.279 e. The van der Waals surface area contributed by atoms with E-state index >= 15 is 0 Å². The first-order chi connectivity index (χ1) is 19.9. The van der Waals surface area contributed by atoms with E-state index in [0.29, 0.717) is 30.0 Å². The number of aliphatic hydroxyl groups excluding tert-OH is 1. The van der Waals surface area contributed by atoms with E-state index in [0.717, 1.165) is 53.7 Å². The molecule has 0 amide bonds. The normalized spacial score (nSPS) is 12.8. The van der Waals surface area contributed by atoms with Gasteiger partial charge in [-0.2, -0.15) is 14.9 Å². The Balaban J connectivity index is 0.00000111. The van der Waals surface area contributed by atoms with Gasteiger partial charge in [0.05, 0.1) is 43.3 Å². The number of ether oxygens (including phenoxy) is 2. The highest BCUT2D eigenvalue weighted by molar-refractivity contribution is 5.95. The standard InChI is InChI=1S/C29H31N5O3.CH4O.CH2O/c1-20-9-10-23(33-11-13-37-14-12-33)18-27(20)34-29(35)26-8-6-5-7-25(26)28(31-34)22-15-21(19-30-32(2)3)16-24(17-22)36-4;2*1-2/h5-10,15-19H,11-14H2,1-4H3;2H,1H3;1H2/b30-19+;;. The predicted molar refractivity (Wildman–Crippen MR) is 164 cm³/mol. The number of hydrogen-bond acceptors (Lipinski definition) is 9. The van der Waals surface area contributed by atoms with Gasteiger partial charge in [0.2, 0.25) is 0 Å². The van der Waals surface area contributed by atoms with Gasteiger partial charge in [0.15, 0.2) is 0 Å². The van der Waals surface area contributed by atoms with Crippen LogP contribution in [0.3, 0.4) is 0 Å². The molecular formula is C31H37N5O5. The molecule has 1 N–H and O–H groups in total. The summed E-state index contributed by atoms with van der Waals surface area (Å²) in [7, 11) is 6.38. The third kappa shape index (κ3) is 7.16. The summed E-state index contributed by atoms with van der Waals surface area (Å²) in [5.74, 6) is 0.687. The summed E-state index contributed by atoms with van der Waals surface area (Å²) >= 11 is 0. The highest BCUT2D eigenvalue weighted by atomic mass is 16.5. The van der Waals surface area contributed by atoms with E-state index in [-0.39, 0.29) is 5.56 Å². The number of aryl methyl sites for hydroxylation is 1. The number of benzene rings is 3. The predicted octanol–water partition coefficient (Wildman–Crippen LogP) is 3.53. The van der Waals surface area contributed by atoms with Crippen LogP contribution >= 0.6 is 0 Å². The second-order valence-electron chi connectivity index (χ2n) is 9.27. The SMILES string of the molecule is C=O.CO.COc1cc(/C=N/N(C)C)cc(-c2nn(-c3cc(N4CCOCC4)ccc3C)c(=O)c3ccccc23)c1. The molecule has 0 saturated carbocycles. The average molecular weight is 560 g/mol. The second kappa shape index (κ2) is 14.7. The van der Waals surface area contributed by atoms with Crippen molar-refractivity contribution in [2.45, 2.75) is 6.92 Å². The van der Waals surface area contributed by atoms with Crippen LogP contribution in [0.2, 0.25) is 0 Å². The van der Waals surface area contributed by atoms with Gasteiger partial charge in [-0.15, -0.1) is 0 Å². The van der Waals surface area contributed by atoms with Gasteiger partial charge in [-0.25, -0.2) is 0 Å². The third-order valence-electron chi connectivity index (χ3n) is 6.48. The summed E-state index contributed by atoms with van der Waals surface area (Å²) < 4.78 is 12.6. The number of nitrogens with zero attached hydrogens (tertiary/aromatic N) is 5. The van der Waals surface area contributed by atoms with E-state index in [4.69, 9.17) is 24.5 Å². The molecule has 4 aromatic rings. The maximum absolute atomic E-state index is 13.7. The van der Waals surface area contributed by atoms with Gasteiger partial charge in [-0.1, -0.05) is 24.3 Å². The number of carbonyl (C=O) groups excluding carboxylic acids is 1. The van der Waals surface area contributed by atoms with Crippen LogP contribution in [0.1, 0.15) is 11.1 Å². The molecule has 1 aliphatic rings. The third-order valence-corrected chi connectivity index (χ3v) is 6.48. The number of hydrogen-bond donors (Lipinski definition) is 1. The quantitative estimate of drug-likeness (QED) is 0.282. The summed E-state index contributed by atoms with van der Waals surface area (Å²) in [5, 5.41) is 19.5. The number of carbonyl (C=O) groups is 1. The second-order valence-corrected chi connectivity index (χ2v) is 9.27. The van der Waals surface area contributed by atoms with Crippen molar-refractivity contribution in [1.29, 1.82) is 0 Å². The first-order valence-electron chi connectivity index (χ1n) is 13.0. The van der Waals surface area contributed by atoms with Crippen molar-refractivity contribution in [1.82, 2.24) is 14.8 Å². The zero-order valence-corrected chi connectivity index (χ0v) is 24.2. The molecule has 0 aliphatic carbocycles. The van der Waals surface area contributed by atoms with Gasteiger partial charge in [0.1, 0.15) is 12.5 Å². The minimum absolute atomic E-state index is 0.154. The zero-order valence-electron chi connectivity index (χ0n) is 24.2. The largest absolute Gasteiger partial charge is 0.497 e. The molecule has 2 heterocycles. The monoisotopic (exact) mass is 559 g/mol. The van der Waals surface area contributed by atoms with Crippen LogP contribution in [0.15, 0.2) is 70.6 Å². The van der Waals surface area contributed by atoms with Crippen LogP contribution in [-0.4, -0.2) is 87.5 Å². The van der Waals surface area contributed by atoms with Crippen molar-refractivity contribution in [2.24, 2.45) is 5.10 Å². The number of aliphatic hydroxyl groups is 1. The van der Waals surface area contributed by atoms with Gasteiger partial charge in [-0.3, -0.25) is 4.79 Å². The molecule has 0 radical (unpaired) electrons. The van der Waals surface area contributed by atoms with Crippen molar-refractivity contribution in [3.8, 4) is 22.7 Å². The van der Waals surface area contributed by atoms with Crippen LogP contribution in [0, 0.1) is 6.92 Å². The van der Waals surface area contributed by atoms with Crippen LogP contribution in [-0.2, 0) is 9.53 Å². The number of rotatable bonds is 6. The van der Waals surface area contributed by atoms with E-state index in [2.05, 4.69) is 16.1 Å². The Morgan fingerprint density at radius 2 is 1.71 bits per heavy atom. The summed E-state index contributed by atoms with van der Waals surface area (Å²) in [4.78, 5) is 24.0. The number of fused-ring (bicyclic) bond motifs is 1. The maximum atomic E-state index is 13.7. The summed E-state index contributed by atoms with van der Waals surface area (Å²) in [6, 6.07) is 19.7. The van der Waals surface area contributed by atoms with E-state index in [1.54, 1.807) is 18.3 Å². The molecule has 0 unspecified atom stereocenters. The Labute approximate surface area is 240 Å². The van der Waals surface area contributed by atoms with E-state index < -0.39 is 0 Å². The van der Waals surface area contributed by atoms with Crippen LogP contribution in [0.5, 0.6) is 5.75 Å². The molecule has 41 heavy (non-hydrogen) atoms. The molecule has 0 spiro atoms. The van der Waals surface area contributed by atoms with Crippen LogP contribution in [0.25, 0.3) is 27.7 Å². The van der Waals surface area contributed by atoms with Crippen molar-refractivity contribution in [2.75, 3.05) is 59.5 Å². The number of aromatic nitrogens is 2. The first-order valence-corrected chi connectivity index (χ1v) is 13.0. The molecule has 0 atom stereocenters. The van der Waals surface area contributed by atoms with Crippen molar-refractivity contribution >= 4 is 29.5 Å². The molecule has 0 bridgehead atoms. The van der Waals surface area contributed by atoms with Gasteiger partial charge in [-0.05, 0) is 54.4 Å². The molecule has 10 nitrogen and oxygen atoms in total. The fourth-order valence-corrected chi connectivity index (χ4v) is 4.54. The molecule has 1 aromatic heterocycles. The lowest BCUT2D eigenvalue weighted by Crippen LogP contribution is -2.36. The minimum atomic E-state index is -0.154. The molecule has 1 saturated heterocycles. The molecule has 3 aromatic carbocycles. The van der Waals surface area contributed by atoms with Gasteiger partial charge >= 0.3 is 0 Å². The lowest BCUT2D eigenvalue weighted by molar-refractivity contribution is -0.0980. The number of morpholine rings is 1. The fourth-order valence-electron chi connectivity index (χ4n) is 4.54. The Morgan fingerprint density at radius 3 is 2.37 bits per heavy atom. The summed E-state index contributed by atoms with van der Waals surface area (Å²) in [6.45, 7) is 7.01. The van der Waals surface area contributed by atoms with Crippen molar-refractivity contribution in [3.63, 3.8) is 0 Å². The Bertz CT molecular complexity index is 1540. The van der Waals surface area contributed by atoms with E-state index in [1.807, 2.05) is 82.4 Å². The highest BCUT2D eigenvalue weighted by Crippen LogP contribution is 2.30. The molecule has 1 fully saturated rings. The van der Waals surface area contributed by atoms with Gasteiger partial charge in [0, 0.05) is 50.9 Å². The molecule has 1 aliphatic heterocycles. The highest BCUT2D eigenvalue weighted by Gasteiger charge is 2.18. The van der Waals surface area contributed by atoms with E-state index in [9.17, 15) is 4.79 Å². The Hall–Kier alpha value is -4.54. The lowest BCUT2D eigenvalue weighted by Gasteiger charge is -2.29. The van der Waals surface area contributed by atoms with Gasteiger partial charge < -0.3 is 29.3 Å². The topological polar surface area (TPSA) is 109 Å². The molecule has 10 heteroatoms. The molecule has 216 valence electrons. The fraction of sp³-hybridized carbons (Fsp3) is 0.290. The molecule has 5 rings (SSSR count). The van der Waals surface area contributed by atoms with Crippen molar-refractivity contribution in [3.05, 3.63) is 82.1 Å².